The van der Waals surface area contributed by atoms with Crippen molar-refractivity contribution in [2.45, 2.75) is 5.60 Å². The van der Waals surface area contributed by atoms with Crippen molar-refractivity contribution >= 4 is 11.0 Å². The molecule has 0 bridgehead atoms. The summed E-state index contributed by atoms with van der Waals surface area (Å²) in [6.45, 7) is 0. The molecule has 3 aromatic rings. The van der Waals surface area contributed by atoms with Gasteiger partial charge in [0.05, 0.1) is 0 Å². The zero-order valence-corrected chi connectivity index (χ0v) is 10.5. The minimum Gasteiger partial charge on any atom is -0.456 e. The van der Waals surface area contributed by atoms with Gasteiger partial charge in [0.25, 0.3) is 0 Å². The summed E-state index contributed by atoms with van der Waals surface area (Å²) in [4.78, 5) is 0. The van der Waals surface area contributed by atoms with E-state index < -0.39 is 11.4 Å². The van der Waals surface area contributed by atoms with Crippen LogP contribution in [0.1, 0.15) is 11.3 Å². The highest BCUT2D eigenvalue weighted by Gasteiger charge is 2.35. The Morgan fingerprint density at radius 1 is 1.10 bits per heavy atom. The first-order valence-corrected chi connectivity index (χ1v) is 6.09. The maximum atomic E-state index is 13.9. The Balaban J connectivity index is 2.23. The molecule has 1 unspecified atom stereocenters. The highest BCUT2D eigenvalue weighted by Crippen LogP contribution is 2.34. The number of furan rings is 1. The Morgan fingerprint density at radius 3 is 2.50 bits per heavy atom. The topological polar surface area (TPSA) is 33.4 Å². The van der Waals surface area contributed by atoms with Crippen molar-refractivity contribution < 1.29 is 13.9 Å². The number of terminal acetylenes is 1. The number of aliphatic hydroxyl groups is 1. The minimum atomic E-state index is -1.93. The Kier molecular flexibility index (Phi) is 2.81. The fourth-order valence-electron chi connectivity index (χ4n) is 2.20. The average Bonchev–Trinajstić information content (AvgIpc) is 2.91. The van der Waals surface area contributed by atoms with E-state index in [1.165, 1.54) is 18.2 Å². The standard InChI is InChI=1S/C17H11FO2/c1-2-17(19,13-8-4-5-9-14(13)18)16-11-12-7-3-6-10-15(12)20-16/h1,3-11,19H. The zero-order valence-electron chi connectivity index (χ0n) is 10.5. The lowest BCUT2D eigenvalue weighted by molar-refractivity contribution is 0.116. The molecule has 1 aromatic heterocycles. The van der Waals surface area contributed by atoms with Crippen molar-refractivity contribution in [2.24, 2.45) is 0 Å². The van der Waals surface area contributed by atoms with Gasteiger partial charge in [0.1, 0.15) is 11.4 Å². The zero-order chi connectivity index (χ0) is 14.2. The summed E-state index contributed by atoms with van der Waals surface area (Å²) in [5, 5.41) is 11.5. The summed E-state index contributed by atoms with van der Waals surface area (Å²) in [6.07, 6.45) is 5.44. The van der Waals surface area contributed by atoms with Crippen LogP contribution in [-0.4, -0.2) is 5.11 Å². The smallest absolute Gasteiger partial charge is 0.212 e. The Bertz CT molecular complexity index is 780. The van der Waals surface area contributed by atoms with Gasteiger partial charge in [-0.25, -0.2) is 4.39 Å². The number of fused-ring (bicyclic) bond motifs is 1. The molecule has 20 heavy (non-hydrogen) atoms. The first-order valence-electron chi connectivity index (χ1n) is 6.09. The van der Waals surface area contributed by atoms with Gasteiger partial charge in [-0.3, -0.25) is 0 Å². The van der Waals surface area contributed by atoms with Crippen LogP contribution in [0.3, 0.4) is 0 Å². The second-order valence-corrected chi connectivity index (χ2v) is 4.48. The predicted molar refractivity (Wildman–Crippen MR) is 74.4 cm³/mol. The molecule has 0 saturated heterocycles. The molecule has 0 aliphatic heterocycles. The van der Waals surface area contributed by atoms with Gasteiger partial charge in [0.2, 0.25) is 5.60 Å². The van der Waals surface area contributed by atoms with Crippen molar-refractivity contribution in [3.63, 3.8) is 0 Å². The van der Waals surface area contributed by atoms with E-state index in [2.05, 4.69) is 5.92 Å². The Morgan fingerprint density at radius 2 is 1.80 bits per heavy atom. The van der Waals surface area contributed by atoms with Gasteiger partial charge >= 0.3 is 0 Å². The van der Waals surface area contributed by atoms with Crippen molar-refractivity contribution in [1.82, 2.24) is 0 Å². The Hall–Kier alpha value is -2.57. The maximum absolute atomic E-state index is 13.9. The van der Waals surface area contributed by atoms with Crippen LogP contribution in [0, 0.1) is 18.2 Å². The van der Waals surface area contributed by atoms with E-state index in [1.807, 2.05) is 18.2 Å². The third kappa shape index (κ3) is 1.78. The number of hydrogen-bond acceptors (Lipinski definition) is 2. The lowest BCUT2D eigenvalue weighted by Gasteiger charge is -2.20. The van der Waals surface area contributed by atoms with Gasteiger partial charge in [-0.2, -0.15) is 0 Å². The number of para-hydroxylation sites is 1. The van der Waals surface area contributed by atoms with Crippen molar-refractivity contribution in [3.8, 4) is 12.3 Å². The lowest BCUT2D eigenvalue weighted by Crippen LogP contribution is -2.25. The molecule has 0 saturated carbocycles. The summed E-state index contributed by atoms with van der Waals surface area (Å²) < 4.78 is 19.5. The molecule has 3 heteroatoms. The van der Waals surface area contributed by atoms with Crippen LogP contribution in [0.2, 0.25) is 0 Å². The van der Waals surface area contributed by atoms with E-state index in [4.69, 9.17) is 10.8 Å². The average molecular weight is 266 g/mol. The van der Waals surface area contributed by atoms with E-state index in [1.54, 1.807) is 18.2 Å². The molecule has 0 fully saturated rings. The van der Waals surface area contributed by atoms with Gasteiger partial charge in [-0.1, -0.05) is 42.3 Å². The fraction of sp³-hybridized carbons (Fsp3) is 0.0588. The highest BCUT2D eigenvalue weighted by atomic mass is 19.1. The van der Waals surface area contributed by atoms with Gasteiger partial charge in [0, 0.05) is 10.9 Å². The monoisotopic (exact) mass is 266 g/mol. The third-order valence-corrected chi connectivity index (χ3v) is 3.25. The molecule has 2 aromatic carbocycles. The fourth-order valence-corrected chi connectivity index (χ4v) is 2.20. The molecular formula is C17H11FO2. The first-order chi connectivity index (χ1) is 9.65. The van der Waals surface area contributed by atoms with Crippen LogP contribution >= 0.6 is 0 Å². The Labute approximate surface area is 115 Å². The van der Waals surface area contributed by atoms with Gasteiger partial charge in [0.15, 0.2) is 5.76 Å². The van der Waals surface area contributed by atoms with Gasteiger partial charge in [-0.05, 0) is 18.2 Å². The van der Waals surface area contributed by atoms with E-state index in [0.29, 0.717) is 5.58 Å². The molecular weight excluding hydrogens is 255 g/mol. The van der Waals surface area contributed by atoms with Crippen molar-refractivity contribution in [2.75, 3.05) is 0 Å². The predicted octanol–water partition coefficient (Wildman–Crippen LogP) is 3.44. The molecule has 1 atom stereocenters. The van der Waals surface area contributed by atoms with Crippen molar-refractivity contribution in [3.05, 3.63) is 71.7 Å². The molecule has 98 valence electrons. The maximum Gasteiger partial charge on any atom is 0.212 e. The molecule has 0 spiro atoms. The van der Waals surface area contributed by atoms with Crippen LogP contribution in [-0.2, 0) is 5.60 Å². The van der Waals surface area contributed by atoms with Crippen LogP contribution in [0.5, 0.6) is 0 Å². The summed E-state index contributed by atoms with van der Waals surface area (Å²) in [6, 6.07) is 14.7. The molecule has 0 amide bonds. The van der Waals surface area contributed by atoms with E-state index in [9.17, 15) is 9.50 Å². The quantitative estimate of drug-likeness (QED) is 0.721. The SMILES string of the molecule is C#CC(O)(c1cc2ccccc2o1)c1ccccc1F. The van der Waals surface area contributed by atoms with Gasteiger partial charge in [-0.15, -0.1) is 6.42 Å². The highest BCUT2D eigenvalue weighted by molar-refractivity contribution is 5.78. The minimum absolute atomic E-state index is 0.00144. The summed E-state index contributed by atoms with van der Waals surface area (Å²) in [5.41, 5.74) is -1.33. The molecule has 0 aliphatic carbocycles. The molecule has 1 heterocycles. The number of rotatable bonds is 2. The van der Waals surface area contributed by atoms with Crippen LogP contribution in [0.4, 0.5) is 4.39 Å². The van der Waals surface area contributed by atoms with Crippen LogP contribution < -0.4 is 0 Å². The molecule has 3 rings (SSSR count). The second kappa shape index (κ2) is 4.52. The van der Waals surface area contributed by atoms with E-state index >= 15 is 0 Å². The molecule has 2 nitrogen and oxygen atoms in total. The van der Waals surface area contributed by atoms with Gasteiger partial charge < -0.3 is 9.52 Å². The van der Waals surface area contributed by atoms with Crippen LogP contribution in [0.15, 0.2) is 59.0 Å². The second-order valence-electron chi connectivity index (χ2n) is 4.48. The van der Waals surface area contributed by atoms with Crippen molar-refractivity contribution in [1.29, 1.82) is 0 Å². The van der Waals surface area contributed by atoms with E-state index in [0.717, 1.165) is 5.39 Å². The van der Waals surface area contributed by atoms with Crippen LogP contribution in [0.25, 0.3) is 11.0 Å². The lowest BCUT2D eigenvalue weighted by atomic mass is 9.91. The molecule has 1 N–H and O–H groups in total. The first kappa shape index (κ1) is 12.5. The summed E-state index contributed by atoms with van der Waals surface area (Å²) in [7, 11) is 0. The third-order valence-electron chi connectivity index (χ3n) is 3.25. The normalized spacial score (nSPS) is 13.8. The molecule has 0 radical (unpaired) electrons. The molecule has 0 aliphatic rings. The number of benzene rings is 2. The number of hydrogen-bond donors (Lipinski definition) is 1. The van der Waals surface area contributed by atoms with E-state index in [-0.39, 0.29) is 11.3 Å². The summed E-state index contributed by atoms with van der Waals surface area (Å²) in [5.74, 6) is 1.79. The largest absolute Gasteiger partial charge is 0.456 e. The summed E-state index contributed by atoms with van der Waals surface area (Å²) >= 11 is 0. The number of halogens is 1.